The van der Waals surface area contributed by atoms with Gasteiger partial charge < -0.3 is 0 Å². The second kappa shape index (κ2) is 9.85. The highest BCUT2D eigenvalue weighted by atomic mass is 32.2. The molecule has 0 heterocycles. The van der Waals surface area contributed by atoms with Gasteiger partial charge in [0.1, 0.15) is 4.90 Å². The van der Waals surface area contributed by atoms with E-state index in [1.54, 1.807) is 30.3 Å². The molecular formula is C24H22MgO3S. The Balaban J connectivity index is 0.000000207. The molecule has 0 fully saturated rings. The summed E-state index contributed by atoms with van der Waals surface area (Å²) in [5.74, 6) is 0. The zero-order valence-corrected chi connectivity index (χ0v) is 16.1. The zero-order valence-electron chi connectivity index (χ0n) is 15.2. The molecule has 0 saturated heterocycles. The van der Waals surface area contributed by atoms with Crippen molar-refractivity contribution in [3.05, 3.63) is 103 Å². The Labute approximate surface area is 187 Å². The Morgan fingerprint density at radius 2 is 1.17 bits per heavy atom. The van der Waals surface area contributed by atoms with Gasteiger partial charge in [0.2, 0.25) is 0 Å². The van der Waals surface area contributed by atoms with Crippen LogP contribution in [-0.2, 0) is 10.1 Å². The number of hydrogen-bond donors (Lipinski definition) is 1. The van der Waals surface area contributed by atoms with Crippen LogP contribution in [0.1, 0.15) is 11.1 Å². The van der Waals surface area contributed by atoms with Crippen molar-refractivity contribution in [1.29, 1.82) is 0 Å². The van der Waals surface area contributed by atoms with E-state index in [0.717, 1.165) is 5.39 Å². The predicted molar refractivity (Wildman–Crippen MR) is 126 cm³/mol. The van der Waals surface area contributed by atoms with E-state index < -0.39 is 10.1 Å². The summed E-state index contributed by atoms with van der Waals surface area (Å²) in [6.07, 6.45) is 3.30. The smallest absolute Gasteiger partial charge is 0.282 e. The summed E-state index contributed by atoms with van der Waals surface area (Å²) in [5, 5.41) is 3.81. The van der Waals surface area contributed by atoms with Crippen LogP contribution in [0.25, 0.3) is 33.7 Å². The van der Waals surface area contributed by atoms with Crippen LogP contribution < -0.4 is 0 Å². The number of hydrogen-bond acceptors (Lipinski definition) is 2. The SMILES string of the molecule is C=Cc1ccc2ccccc2c1S(=O)(=O)O.C=Cc1cccc2ccccc12.[MgH2]. The van der Waals surface area contributed by atoms with Crippen LogP contribution in [0.5, 0.6) is 0 Å². The third kappa shape index (κ3) is 5.13. The maximum atomic E-state index is 11.3. The number of benzene rings is 4. The van der Waals surface area contributed by atoms with Gasteiger partial charge in [-0.3, -0.25) is 4.55 Å². The summed E-state index contributed by atoms with van der Waals surface area (Å²) in [6.45, 7) is 7.32. The zero-order chi connectivity index (χ0) is 20.1. The maximum absolute atomic E-state index is 11.3. The van der Waals surface area contributed by atoms with Gasteiger partial charge in [-0.2, -0.15) is 8.42 Å². The third-order valence-corrected chi connectivity index (χ3v) is 5.40. The second-order valence-corrected chi connectivity index (χ2v) is 7.52. The van der Waals surface area contributed by atoms with Crippen molar-refractivity contribution >= 4 is 66.9 Å². The molecule has 0 saturated carbocycles. The lowest BCUT2D eigenvalue weighted by atomic mass is 10.1. The van der Waals surface area contributed by atoms with E-state index in [2.05, 4.69) is 55.6 Å². The van der Waals surface area contributed by atoms with Gasteiger partial charge in [0.15, 0.2) is 0 Å². The maximum Gasteiger partial charge on any atom is 0.316 e. The first-order chi connectivity index (χ1) is 13.5. The molecule has 0 spiro atoms. The Hall–Kier alpha value is -2.44. The van der Waals surface area contributed by atoms with Crippen molar-refractivity contribution in [3.8, 4) is 0 Å². The minimum Gasteiger partial charge on any atom is -0.282 e. The van der Waals surface area contributed by atoms with Gasteiger partial charge in [-0.05, 0) is 27.3 Å². The van der Waals surface area contributed by atoms with E-state index in [0.29, 0.717) is 10.9 Å². The first-order valence-corrected chi connectivity index (χ1v) is 10.1. The van der Waals surface area contributed by atoms with E-state index in [4.69, 9.17) is 0 Å². The largest absolute Gasteiger partial charge is 0.316 e. The van der Waals surface area contributed by atoms with Gasteiger partial charge in [0.25, 0.3) is 10.1 Å². The third-order valence-electron chi connectivity index (χ3n) is 4.43. The first kappa shape index (κ1) is 22.8. The van der Waals surface area contributed by atoms with Gasteiger partial charge >= 0.3 is 23.1 Å². The van der Waals surface area contributed by atoms with Crippen molar-refractivity contribution in [1.82, 2.24) is 0 Å². The Morgan fingerprint density at radius 1 is 0.655 bits per heavy atom. The minimum atomic E-state index is -4.24. The first-order valence-electron chi connectivity index (χ1n) is 8.67. The summed E-state index contributed by atoms with van der Waals surface area (Å²) < 4.78 is 31.9. The molecule has 0 aliphatic rings. The summed E-state index contributed by atoms with van der Waals surface area (Å²) >= 11 is 0. The van der Waals surface area contributed by atoms with E-state index in [1.165, 1.54) is 22.4 Å². The molecule has 29 heavy (non-hydrogen) atoms. The monoisotopic (exact) mass is 414 g/mol. The van der Waals surface area contributed by atoms with E-state index in [9.17, 15) is 13.0 Å². The number of fused-ring (bicyclic) bond motifs is 2. The van der Waals surface area contributed by atoms with Crippen LogP contribution in [0.4, 0.5) is 0 Å². The molecule has 0 amide bonds. The Morgan fingerprint density at radius 3 is 1.76 bits per heavy atom. The summed E-state index contributed by atoms with van der Waals surface area (Å²) in [5.41, 5.74) is 1.61. The van der Waals surface area contributed by atoms with Gasteiger partial charge in [-0.1, -0.05) is 104 Å². The molecule has 144 valence electrons. The van der Waals surface area contributed by atoms with Crippen LogP contribution >= 0.6 is 0 Å². The molecule has 0 unspecified atom stereocenters. The van der Waals surface area contributed by atoms with Crippen molar-refractivity contribution in [2.24, 2.45) is 0 Å². The molecule has 4 rings (SSSR count). The molecule has 0 bridgehead atoms. The topological polar surface area (TPSA) is 54.4 Å². The highest BCUT2D eigenvalue weighted by molar-refractivity contribution is 7.86. The molecule has 5 heteroatoms. The molecule has 0 atom stereocenters. The fourth-order valence-corrected chi connectivity index (χ4v) is 4.05. The van der Waals surface area contributed by atoms with E-state index >= 15 is 0 Å². The average molecular weight is 415 g/mol. The Kier molecular flexibility index (Phi) is 7.76. The molecule has 3 nitrogen and oxygen atoms in total. The molecule has 0 radical (unpaired) electrons. The molecule has 4 aromatic rings. The number of rotatable bonds is 3. The van der Waals surface area contributed by atoms with Crippen molar-refractivity contribution in [2.75, 3.05) is 0 Å². The highest BCUT2D eigenvalue weighted by Gasteiger charge is 2.17. The summed E-state index contributed by atoms with van der Waals surface area (Å²) in [6, 6.07) is 25.0. The molecular weight excluding hydrogens is 393 g/mol. The van der Waals surface area contributed by atoms with Gasteiger partial charge in [-0.15, -0.1) is 0 Å². The lowest BCUT2D eigenvalue weighted by Gasteiger charge is -2.07. The van der Waals surface area contributed by atoms with Crippen molar-refractivity contribution in [3.63, 3.8) is 0 Å². The normalized spacial score (nSPS) is 10.5. The summed E-state index contributed by atoms with van der Waals surface area (Å²) in [7, 11) is -4.24. The van der Waals surface area contributed by atoms with Crippen LogP contribution in [0.15, 0.2) is 96.9 Å². The van der Waals surface area contributed by atoms with Gasteiger partial charge in [-0.25, -0.2) is 0 Å². The van der Waals surface area contributed by atoms with Gasteiger partial charge in [0, 0.05) is 5.39 Å². The molecule has 4 aromatic carbocycles. The second-order valence-electron chi connectivity index (χ2n) is 6.16. The molecule has 0 aliphatic carbocycles. The van der Waals surface area contributed by atoms with Crippen LogP contribution in [0.2, 0.25) is 0 Å². The highest BCUT2D eigenvalue weighted by Crippen LogP contribution is 2.27. The van der Waals surface area contributed by atoms with E-state index in [-0.39, 0.29) is 27.9 Å². The van der Waals surface area contributed by atoms with Crippen molar-refractivity contribution in [2.45, 2.75) is 4.90 Å². The van der Waals surface area contributed by atoms with Crippen molar-refractivity contribution < 1.29 is 13.0 Å². The van der Waals surface area contributed by atoms with Gasteiger partial charge in [0.05, 0.1) is 0 Å². The fraction of sp³-hybridized carbons (Fsp3) is 0. The lowest BCUT2D eigenvalue weighted by molar-refractivity contribution is 0.484. The van der Waals surface area contributed by atoms with Crippen LogP contribution in [0, 0.1) is 0 Å². The van der Waals surface area contributed by atoms with Crippen LogP contribution in [0.3, 0.4) is 0 Å². The lowest BCUT2D eigenvalue weighted by Crippen LogP contribution is -2.01. The summed E-state index contributed by atoms with van der Waals surface area (Å²) in [4.78, 5) is -0.0828. The quantitative estimate of drug-likeness (QED) is 0.366. The predicted octanol–water partition coefficient (Wildman–Crippen LogP) is 5.30. The molecule has 0 aliphatic heterocycles. The van der Waals surface area contributed by atoms with Crippen LogP contribution in [-0.4, -0.2) is 36.0 Å². The van der Waals surface area contributed by atoms with E-state index in [1.807, 2.05) is 12.1 Å². The standard InChI is InChI=1S/C12H10O3S.C12H10.Mg.2H/c1-2-9-7-8-10-5-3-4-6-11(10)12(9)16(13,14)15;1-2-10-7-5-8-11-6-3-4-9-12(10)11;;;/h2-8H,1H2,(H,13,14,15);2-9H,1H2;;;. The average Bonchev–Trinajstić information content (AvgIpc) is 2.72. The molecule has 0 aromatic heterocycles. The minimum absolute atomic E-state index is 0. The fourth-order valence-electron chi connectivity index (χ4n) is 3.14. The Bertz CT molecular complexity index is 1270. The molecule has 1 N–H and O–H groups in total.